The van der Waals surface area contributed by atoms with Crippen molar-refractivity contribution in [1.82, 2.24) is 9.80 Å². The van der Waals surface area contributed by atoms with Crippen LogP contribution >= 0.6 is 11.8 Å². The number of hydrogen-bond donors (Lipinski definition) is 1. The molecule has 2 fully saturated rings. The Morgan fingerprint density at radius 3 is 2.68 bits per heavy atom. The van der Waals surface area contributed by atoms with Crippen LogP contribution in [0.3, 0.4) is 0 Å². The number of carboxylic acids is 1. The molecule has 0 aromatic heterocycles. The molecule has 0 aromatic rings. The molecule has 2 rings (SSSR count). The highest BCUT2D eigenvalue weighted by atomic mass is 32.2. The molecule has 0 bridgehead atoms. The number of carbonyl (C=O) groups excluding carboxylic acids is 1. The number of rotatable bonds is 3. The molecule has 0 radical (unpaired) electrons. The van der Waals surface area contributed by atoms with E-state index < -0.39 is 12.0 Å². The minimum atomic E-state index is -0.883. The number of thioether (sulfide) groups is 1. The molecule has 0 spiro atoms. The minimum absolute atomic E-state index is 0.0227. The molecule has 6 heteroatoms. The normalized spacial score (nSPS) is 30.9. The van der Waals surface area contributed by atoms with Crippen molar-refractivity contribution in [2.24, 2.45) is 5.92 Å². The van der Waals surface area contributed by atoms with Crippen molar-refractivity contribution in [1.29, 1.82) is 0 Å². The van der Waals surface area contributed by atoms with Gasteiger partial charge in [0.05, 0.1) is 5.37 Å². The lowest BCUT2D eigenvalue weighted by atomic mass is 10.2. The molecular weight excluding hydrogens is 264 g/mol. The summed E-state index contributed by atoms with van der Waals surface area (Å²) in [5, 5.41) is 9.31. The predicted octanol–water partition coefficient (Wildman–Crippen LogP) is 2.08. The Hall–Kier alpha value is -0.910. The van der Waals surface area contributed by atoms with Gasteiger partial charge in [0.1, 0.15) is 6.04 Å². The average Bonchev–Trinajstić information content (AvgIpc) is 2.95. The summed E-state index contributed by atoms with van der Waals surface area (Å²) >= 11 is 1.60. The molecule has 3 atom stereocenters. The van der Waals surface area contributed by atoms with Crippen LogP contribution in [0.15, 0.2) is 0 Å². The monoisotopic (exact) mass is 286 g/mol. The fraction of sp³-hybridized carbons (Fsp3) is 0.846. The van der Waals surface area contributed by atoms with Crippen molar-refractivity contribution in [3.63, 3.8) is 0 Å². The second kappa shape index (κ2) is 6.03. The molecule has 2 aliphatic rings. The third-order valence-electron chi connectivity index (χ3n) is 3.83. The molecule has 0 saturated carbocycles. The van der Waals surface area contributed by atoms with E-state index in [4.69, 9.17) is 0 Å². The Morgan fingerprint density at radius 2 is 2.16 bits per heavy atom. The molecule has 2 aliphatic heterocycles. The number of hydrogen-bond acceptors (Lipinski definition) is 3. The number of carboxylic acid groups (broad SMARTS) is 1. The largest absolute Gasteiger partial charge is 0.480 e. The molecule has 5 nitrogen and oxygen atoms in total. The van der Waals surface area contributed by atoms with Crippen molar-refractivity contribution >= 4 is 23.8 Å². The Morgan fingerprint density at radius 1 is 1.42 bits per heavy atom. The standard InChI is InChI=1S/C13H22N2O3S/c1-3-4-11-15(10(8-19-11)12(16)17)13(18)14-6-5-9(2)7-14/h9-11H,3-8H2,1-2H3,(H,16,17). The maximum atomic E-state index is 12.6. The highest BCUT2D eigenvalue weighted by molar-refractivity contribution is 8.00. The molecule has 2 heterocycles. The lowest BCUT2D eigenvalue weighted by Crippen LogP contribution is -2.51. The van der Waals surface area contributed by atoms with Gasteiger partial charge in [-0.2, -0.15) is 0 Å². The first-order valence-corrected chi connectivity index (χ1v) is 8.01. The van der Waals surface area contributed by atoms with Gasteiger partial charge < -0.3 is 10.0 Å². The summed E-state index contributed by atoms with van der Waals surface area (Å²) in [5.41, 5.74) is 0. The minimum Gasteiger partial charge on any atom is -0.480 e. The molecule has 0 aromatic carbocycles. The lowest BCUT2D eigenvalue weighted by molar-refractivity contribution is -0.141. The van der Waals surface area contributed by atoms with E-state index >= 15 is 0 Å². The van der Waals surface area contributed by atoms with Crippen LogP contribution in [0.2, 0.25) is 0 Å². The Bertz CT molecular complexity index is 364. The van der Waals surface area contributed by atoms with Crippen LogP contribution in [0.1, 0.15) is 33.1 Å². The zero-order valence-electron chi connectivity index (χ0n) is 11.5. The number of carbonyl (C=O) groups is 2. The van der Waals surface area contributed by atoms with Crippen LogP contribution in [-0.2, 0) is 4.79 Å². The summed E-state index contributed by atoms with van der Waals surface area (Å²) in [7, 11) is 0. The van der Waals surface area contributed by atoms with Crippen molar-refractivity contribution in [2.45, 2.75) is 44.5 Å². The molecular formula is C13H22N2O3S. The lowest BCUT2D eigenvalue weighted by Gasteiger charge is -2.31. The van der Waals surface area contributed by atoms with E-state index in [9.17, 15) is 14.7 Å². The predicted molar refractivity (Wildman–Crippen MR) is 75.2 cm³/mol. The summed E-state index contributed by atoms with van der Waals surface area (Å²) in [6.45, 7) is 5.71. The first-order chi connectivity index (χ1) is 9.04. The SMILES string of the molecule is CCCC1SCC(C(=O)O)N1C(=O)N1CCC(C)C1. The Kier molecular flexibility index (Phi) is 4.60. The summed E-state index contributed by atoms with van der Waals surface area (Å²) in [6, 6.07) is -0.745. The zero-order chi connectivity index (χ0) is 14.0. The van der Waals surface area contributed by atoms with E-state index in [0.717, 1.165) is 32.4 Å². The van der Waals surface area contributed by atoms with Crippen LogP contribution < -0.4 is 0 Å². The Labute approximate surface area is 118 Å². The quantitative estimate of drug-likeness (QED) is 0.863. The summed E-state index contributed by atoms with van der Waals surface area (Å²) in [6.07, 6.45) is 2.84. The molecule has 1 N–H and O–H groups in total. The van der Waals surface area contributed by atoms with E-state index in [2.05, 4.69) is 13.8 Å². The maximum Gasteiger partial charge on any atom is 0.327 e. The van der Waals surface area contributed by atoms with E-state index in [1.54, 1.807) is 16.7 Å². The highest BCUT2D eigenvalue weighted by Crippen LogP contribution is 2.34. The molecule has 0 aliphatic carbocycles. The fourth-order valence-corrected chi connectivity index (χ4v) is 4.26. The third-order valence-corrected chi connectivity index (χ3v) is 5.18. The van der Waals surface area contributed by atoms with Crippen LogP contribution in [-0.4, -0.2) is 57.2 Å². The van der Waals surface area contributed by atoms with Gasteiger partial charge in [0.25, 0.3) is 0 Å². The van der Waals surface area contributed by atoms with Crippen molar-refractivity contribution in [2.75, 3.05) is 18.8 Å². The van der Waals surface area contributed by atoms with E-state index in [0.29, 0.717) is 11.7 Å². The number of nitrogens with zero attached hydrogens (tertiary/aromatic N) is 2. The van der Waals surface area contributed by atoms with Crippen LogP contribution in [0.4, 0.5) is 4.79 Å². The number of amides is 2. The zero-order valence-corrected chi connectivity index (χ0v) is 12.4. The number of urea groups is 1. The number of likely N-dealkylation sites (tertiary alicyclic amines) is 1. The van der Waals surface area contributed by atoms with E-state index in [1.807, 2.05) is 4.90 Å². The first-order valence-electron chi connectivity index (χ1n) is 6.96. The second-order valence-electron chi connectivity index (χ2n) is 5.46. The topological polar surface area (TPSA) is 60.9 Å². The van der Waals surface area contributed by atoms with Crippen LogP contribution in [0, 0.1) is 5.92 Å². The molecule has 19 heavy (non-hydrogen) atoms. The van der Waals surface area contributed by atoms with Crippen LogP contribution in [0.5, 0.6) is 0 Å². The molecule has 2 saturated heterocycles. The summed E-state index contributed by atoms with van der Waals surface area (Å²) in [5.74, 6) is 0.147. The highest BCUT2D eigenvalue weighted by Gasteiger charge is 2.43. The summed E-state index contributed by atoms with van der Waals surface area (Å²) in [4.78, 5) is 27.3. The molecule has 108 valence electrons. The van der Waals surface area contributed by atoms with Gasteiger partial charge in [-0.25, -0.2) is 9.59 Å². The second-order valence-corrected chi connectivity index (χ2v) is 6.67. The fourth-order valence-electron chi connectivity index (χ4n) is 2.75. The summed E-state index contributed by atoms with van der Waals surface area (Å²) < 4.78 is 0. The van der Waals surface area contributed by atoms with E-state index in [-0.39, 0.29) is 11.4 Å². The average molecular weight is 286 g/mol. The van der Waals surface area contributed by atoms with Gasteiger partial charge >= 0.3 is 12.0 Å². The molecule has 3 unspecified atom stereocenters. The van der Waals surface area contributed by atoms with Gasteiger partial charge in [-0.3, -0.25) is 4.90 Å². The van der Waals surface area contributed by atoms with Gasteiger partial charge in [0.2, 0.25) is 0 Å². The maximum absolute atomic E-state index is 12.6. The van der Waals surface area contributed by atoms with Gasteiger partial charge in [0, 0.05) is 18.8 Å². The van der Waals surface area contributed by atoms with Crippen molar-refractivity contribution in [3.05, 3.63) is 0 Å². The van der Waals surface area contributed by atoms with E-state index in [1.165, 1.54) is 0 Å². The third kappa shape index (κ3) is 2.99. The van der Waals surface area contributed by atoms with Gasteiger partial charge in [-0.05, 0) is 18.8 Å². The van der Waals surface area contributed by atoms with Crippen molar-refractivity contribution < 1.29 is 14.7 Å². The van der Waals surface area contributed by atoms with Gasteiger partial charge in [-0.1, -0.05) is 20.3 Å². The number of aliphatic carboxylic acids is 1. The first kappa shape index (κ1) is 14.5. The van der Waals surface area contributed by atoms with Crippen LogP contribution in [0.25, 0.3) is 0 Å². The van der Waals surface area contributed by atoms with Gasteiger partial charge in [-0.15, -0.1) is 11.8 Å². The van der Waals surface area contributed by atoms with Gasteiger partial charge in [0.15, 0.2) is 0 Å². The smallest absolute Gasteiger partial charge is 0.327 e. The Balaban J connectivity index is 2.11. The van der Waals surface area contributed by atoms with Crippen molar-refractivity contribution in [3.8, 4) is 0 Å². The molecule has 2 amide bonds.